The monoisotopic (exact) mass is 981 g/mol. The number of hydrogen-bond acceptors (Lipinski definition) is 16. The first-order valence-electron chi connectivity index (χ1n) is 17.1. The van der Waals surface area contributed by atoms with Gasteiger partial charge in [-0.15, -0.1) is 0 Å². The molecule has 63 heavy (non-hydrogen) atoms. The van der Waals surface area contributed by atoms with Crippen LogP contribution in [0.5, 0.6) is 17.2 Å². The molecule has 0 atom stereocenters. The van der Waals surface area contributed by atoms with Gasteiger partial charge in [0.1, 0.15) is 47.4 Å². The maximum atomic E-state index is 14.4. The Kier molecular flexibility index (Phi) is 15.7. The van der Waals surface area contributed by atoms with Gasteiger partial charge in [-0.3, -0.25) is 9.52 Å². The normalized spacial score (nSPS) is 12.7. The Hall–Kier alpha value is -2.52. The maximum Gasteiger partial charge on any atom is 1.00 e. The number of carbonyl (C=O) groups excluding carboxylic acids is 1. The number of nitrogens with zero attached hydrogens (tertiary/aromatic N) is 2. The number of hydrogen-bond donors (Lipinski definition) is 2. The van der Waals surface area contributed by atoms with Crippen molar-refractivity contribution >= 4 is 74.4 Å². The van der Waals surface area contributed by atoms with Crippen molar-refractivity contribution in [2.75, 3.05) is 4.72 Å². The molecule has 6 aromatic rings. The van der Waals surface area contributed by atoms with Crippen LogP contribution in [-0.2, 0) is 45.8 Å². The number of aromatic hydroxyl groups is 1. The van der Waals surface area contributed by atoms with Crippen LogP contribution in [0.1, 0.15) is 47.8 Å². The molecule has 0 unspecified atom stereocenters. The molecular formula is C38H27ClN3Na3O14S4. The van der Waals surface area contributed by atoms with Crippen molar-refractivity contribution in [1.82, 2.24) is 9.97 Å². The third-order valence-electron chi connectivity index (χ3n) is 9.42. The van der Waals surface area contributed by atoms with Gasteiger partial charge in [-0.1, -0.05) is 68.8 Å². The average molecular weight is 982 g/mol. The van der Waals surface area contributed by atoms with Crippen molar-refractivity contribution in [2.24, 2.45) is 0 Å². The number of ketones is 1. The molecule has 0 spiro atoms. The van der Waals surface area contributed by atoms with Crippen LogP contribution in [0.15, 0.2) is 98.4 Å². The first-order chi connectivity index (χ1) is 27.7. The second-order valence-corrected chi connectivity index (χ2v) is 20.7. The van der Waals surface area contributed by atoms with E-state index in [1.807, 2.05) is 0 Å². The number of aryl methyl sites for hydroxylation is 1. The van der Waals surface area contributed by atoms with Gasteiger partial charge in [0.25, 0.3) is 10.0 Å². The summed E-state index contributed by atoms with van der Waals surface area (Å²) in [5.41, 5.74) is -2.26. The van der Waals surface area contributed by atoms with E-state index >= 15 is 0 Å². The number of nitrogens with one attached hydrogen (secondary N) is 1. The number of phenolic OH excluding ortho intramolecular Hbond substituents is 1. The summed E-state index contributed by atoms with van der Waals surface area (Å²) in [4.78, 5) is 19.9. The van der Waals surface area contributed by atoms with E-state index in [0.29, 0.717) is 17.7 Å². The number of benzene rings is 5. The molecule has 0 fully saturated rings. The third-order valence-corrected chi connectivity index (χ3v) is 13.7. The summed E-state index contributed by atoms with van der Waals surface area (Å²) in [6.45, 7) is 6.52. The number of fused-ring (bicyclic) bond motifs is 2. The standard InChI is InChI=1S/C38H30ClN3O14S4.3Na/c1-18-9-11-21(16-28(18)58(47,48)49)57(45,46)42-25-17-27(56-26-12-10-19(38(2,3)4)13-29(26)59(50,51)52)34-32-31(25)36(44)23-8-6-5-7-22(23)33(32)40-37(41-34)24-14-20(39)15-30(35(24)43)60(53,54)55;;;/h5-17,42-43H,1-4H3,(H,47,48,49)(H,50,51,52)(H,53,54,55);;;/q;3*+1/p-3. The fourth-order valence-corrected chi connectivity index (χ4v) is 9.97. The average Bonchev–Trinajstić information content (AvgIpc) is 3.13. The number of phenols is 1. The topological polar surface area (TPSA) is 290 Å². The number of sulfonamides is 1. The minimum Gasteiger partial charge on any atom is -0.744 e. The number of halogens is 1. The van der Waals surface area contributed by atoms with Crippen LogP contribution in [-0.4, -0.2) is 68.2 Å². The van der Waals surface area contributed by atoms with Gasteiger partial charge in [-0.2, -0.15) is 0 Å². The Labute approximate surface area is 433 Å². The quantitative estimate of drug-likeness (QED) is 0.106. The summed E-state index contributed by atoms with van der Waals surface area (Å²) < 4.78 is 147. The molecule has 1 aliphatic carbocycles. The van der Waals surface area contributed by atoms with Crippen molar-refractivity contribution in [3.8, 4) is 39.9 Å². The van der Waals surface area contributed by atoms with E-state index in [2.05, 4.69) is 14.7 Å². The van der Waals surface area contributed by atoms with E-state index in [9.17, 15) is 57.2 Å². The summed E-state index contributed by atoms with van der Waals surface area (Å²) in [6.07, 6.45) is 0. The summed E-state index contributed by atoms with van der Waals surface area (Å²) in [5.74, 6) is -3.55. The Morgan fingerprint density at radius 1 is 0.698 bits per heavy atom. The van der Waals surface area contributed by atoms with Crippen LogP contribution in [0.3, 0.4) is 0 Å². The molecule has 17 nitrogen and oxygen atoms in total. The van der Waals surface area contributed by atoms with Crippen molar-refractivity contribution in [3.63, 3.8) is 0 Å². The van der Waals surface area contributed by atoms with Crippen LogP contribution in [0.25, 0.3) is 33.5 Å². The summed E-state index contributed by atoms with van der Waals surface area (Å²) in [5, 5.41) is 10.5. The van der Waals surface area contributed by atoms with E-state index in [1.54, 1.807) is 20.8 Å². The van der Waals surface area contributed by atoms with Crippen molar-refractivity contribution in [1.29, 1.82) is 0 Å². The second-order valence-electron chi connectivity index (χ2n) is 14.5. The molecule has 0 saturated carbocycles. The smallest absolute Gasteiger partial charge is 0.744 e. The minimum absolute atomic E-state index is 0. The van der Waals surface area contributed by atoms with Gasteiger partial charge in [-0.05, 0) is 59.9 Å². The molecule has 0 aliphatic heterocycles. The van der Waals surface area contributed by atoms with Crippen LogP contribution < -0.4 is 98.1 Å². The zero-order chi connectivity index (χ0) is 44.1. The largest absolute Gasteiger partial charge is 1.00 e. The fraction of sp³-hybridized carbons (Fsp3) is 0.132. The first-order valence-corrected chi connectivity index (χ1v) is 23.1. The Bertz CT molecular complexity index is 3370. The summed E-state index contributed by atoms with van der Waals surface area (Å²) >= 11 is 6.18. The Morgan fingerprint density at radius 3 is 1.89 bits per heavy atom. The minimum atomic E-state index is -5.35. The number of ether oxygens (including phenoxy) is 1. The van der Waals surface area contributed by atoms with E-state index in [-0.39, 0.29) is 127 Å². The molecule has 25 heteroatoms. The van der Waals surface area contributed by atoms with Crippen molar-refractivity contribution in [3.05, 3.63) is 106 Å². The summed E-state index contributed by atoms with van der Waals surface area (Å²) in [6, 6.07) is 14.9. The molecule has 1 aliphatic rings. The Balaban J connectivity index is 0.00000290. The second kappa shape index (κ2) is 18.6. The molecule has 0 radical (unpaired) electrons. The van der Waals surface area contributed by atoms with E-state index < -0.39 is 111 Å². The SMILES string of the molecule is Cc1ccc(S(=O)(=O)Nc2cc(Oc3ccc(C(C)(C)C)cc3S(=O)(=O)[O-])c3nc(-c4cc(Cl)cc(S(=O)(=O)[O-])c4O)nc4c3c2C(=O)c2ccccc2-4)cc1S(=O)(=O)[O-].[Na+].[Na+].[Na+]. The third kappa shape index (κ3) is 10.4. The number of anilines is 1. The molecule has 0 bridgehead atoms. The van der Waals surface area contributed by atoms with Crippen molar-refractivity contribution < 1.29 is 151 Å². The molecule has 0 amide bonds. The van der Waals surface area contributed by atoms with Crippen LogP contribution in [0.4, 0.5) is 5.69 Å². The predicted molar refractivity (Wildman–Crippen MR) is 212 cm³/mol. The molecule has 312 valence electrons. The van der Waals surface area contributed by atoms with E-state index in [4.69, 9.17) is 16.3 Å². The van der Waals surface area contributed by atoms with Crippen LogP contribution >= 0.6 is 11.6 Å². The van der Waals surface area contributed by atoms with Crippen LogP contribution in [0, 0.1) is 6.92 Å². The molecule has 7 rings (SSSR count). The number of aromatic nitrogens is 2. The van der Waals surface area contributed by atoms with E-state index in [0.717, 1.165) is 36.4 Å². The van der Waals surface area contributed by atoms with Gasteiger partial charge < -0.3 is 23.5 Å². The zero-order valence-corrected chi connectivity index (χ0v) is 44.2. The molecule has 1 aromatic heterocycles. The number of carbonyl (C=O) groups is 1. The molecule has 0 saturated heterocycles. The maximum absolute atomic E-state index is 14.4. The van der Waals surface area contributed by atoms with Crippen molar-refractivity contribution in [2.45, 2.75) is 52.7 Å². The summed E-state index contributed by atoms with van der Waals surface area (Å²) in [7, 11) is -20.7. The van der Waals surface area contributed by atoms with Gasteiger partial charge in [0.15, 0.2) is 17.4 Å². The van der Waals surface area contributed by atoms with Gasteiger partial charge in [0.05, 0.1) is 42.1 Å². The van der Waals surface area contributed by atoms with Gasteiger partial charge >= 0.3 is 88.7 Å². The predicted octanol–water partition coefficient (Wildman–Crippen LogP) is -3.21. The molecule has 1 heterocycles. The van der Waals surface area contributed by atoms with Crippen LogP contribution in [0.2, 0.25) is 5.02 Å². The first kappa shape index (κ1) is 53.1. The molecular weight excluding hydrogens is 955 g/mol. The van der Waals surface area contributed by atoms with Gasteiger partial charge in [-0.25, -0.2) is 43.6 Å². The number of rotatable bonds is 9. The zero-order valence-electron chi connectivity index (χ0n) is 34.2. The molecule has 5 aromatic carbocycles. The Morgan fingerprint density at radius 2 is 1.30 bits per heavy atom. The van der Waals surface area contributed by atoms with Gasteiger partial charge in [0.2, 0.25) is 0 Å². The fourth-order valence-electron chi connectivity index (χ4n) is 6.54. The van der Waals surface area contributed by atoms with E-state index in [1.165, 1.54) is 37.3 Å². The van der Waals surface area contributed by atoms with Gasteiger partial charge in [0, 0.05) is 27.6 Å². The molecule has 2 N–H and O–H groups in total.